The molecule has 2 nitrogen and oxygen atoms in total. The number of aryl methyl sites for hydroxylation is 1. The van der Waals surface area contributed by atoms with Gasteiger partial charge >= 0.3 is 0 Å². The molecule has 0 saturated carbocycles. The van der Waals surface area contributed by atoms with Crippen molar-refractivity contribution in [3.63, 3.8) is 0 Å². The molecule has 0 aliphatic carbocycles. The Morgan fingerprint density at radius 2 is 2.08 bits per heavy atom. The summed E-state index contributed by atoms with van der Waals surface area (Å²) in [5.74, 6) is 1.18. The van der Waals surface area contributed by atoms with Crippen molar-refractivity contribution >= 4 is 6.08 Å². The average Bonchev–Trinajstić information content (AvgIpc) is 2.45. The van der Waals surface area contributed by atoms with Crippen molar-refractivity contribution in [3.05, 3.63) is 24.0 Å². The zero-order valence-corrected chi connectivity index (χ0v) is 8.91. The van der Waals surface area contributed by atoms with Crippen LogP contribution in [-0.2, 0) is 7.05 Å². The van der Waals surface area contributed by atoms with Gasteiger partial charge in [0, 0.05) is 18.8 Å². The second-order valence-corrected chi connectivity index (χ2v) is 3.88. The Bertz CT molecular complexity index is 297. The van der Waals surface area contributed by atoms with Gasteiger partial charge in [0.2, 0.25) is 0 Å². The van der Waals surface area contributed by atoms with Crippen molar-refractivity contribution in [2.24, 2.45) is 13.0 Å². The van der Waals surface area contributed by atoms with Gasteiger partial charge in [-0.25, -0.2) is 0 Å². The molecule has 0 amide bonds. The van der Waals surface area contributed by atoms with Crippen LogP contribution in [0, 0.1) is 5.92 Å². The fraction of sp³-hybridized carbons (Fsp3) is 0.545. The van der Waals surface area contributed by atoms with Gasteiger partial charge in [-0.05, 0) is 17.9 Å². The third-order valence-electron chi connectivity index (χ3n) is 2.57. The number of hydrogen-bond donors (Lipinski definition) is 0. The van der Waals surface area contributed by atoms with E-state index in [9.17, 15) is 0 Å². The van der Waals surface area contributed by atoms with Crippen LogP contribution in [-0.4, -0.2) is 9.78 Å². The molecule has 1 heterocycles. The van der Waals surface area contributed by atoms with Crippen molar-refractivity contribution in [1.82, 2.24) is 9.78 Å². The minimum atomic E-state index is 0.543. The molecule has 0 spiro atoms. The highest BCUT2D eigenvalue weighted by Crippen LogP contribution is 2.26. The Morgan fingerprint density at radius 1 is 1.46 bits per heavy atom. The van der Waals surface area contributed by atoms with Crippen molar-refractivity contribution in [1.29, 1.82) is 0 Å². The molecule has 0 aromatic carbocycles. The summed E-state index contributed by atoms with van der Waals surface area (Å²) in [6.07, 6.45) is 3.91. The molecule has 0 radical (unpaired) electrons. The number of nitrogens with zero attached hydrogens (tertiary/aromatic N) is 2. The zero-order chi connectivity index (χ0) is 10.0. The molecular formula is C11H18N2. The van der Waals surface area contributed by atoms with E-state index < -0.39 is 0 Å². The van der Waals surface area contributed by atoms with E-state index in [-0.39, 0.29) is 0 Å². The quantitative estimate of drug-likeness (QED) is 0.696. The van der Waals surface area contributed by atoms with Crippen molar-refractivity contribution in [2.75, 3.05) is 0 Å². The summed E-state index contributed by atoms with van der Waals surface area (Å²) in [6.45, 7) is 10.5. The maximum absolute atomic E-state index is 4.33. The van der Waals surface area contributed by atoms with Gasteiger partial charge in [0.15, 0.2) is 0 Å². The third kappa shape index (κ3) is 2.00. The normalized spacial score (nSPS) is 13.3. The van der Waals surface area contributed by atoms with E-state index in [1.54, 1.807) is 0 Å². The molecule has 1 rings (SSSR count). The summed E-state index contributed by atoms with van der Waals surface area (Å²) < 4.78 is 1.85. The van der Waals surface area contributed by atoms with E-state index in [1.807, 2.05) is 17.8 Å². The maximum atomic E-state index is 4.33. The first-order valence-corrected chi connectivity index (χ1v) is 4.72. The molecule has 0 saturated heterocycles. The largest absolute Gasteiger partial charge is 0.275 e. The van der Waals surface area contributed by atoms with Gasteiger partial charge in [-0.2, -0.15) is 5.10 Å². The van der Waals surface area contributed by atoms with Crippen molar-refractivity contribution in [3.8, 4) is 0 Å². The highest BCUT2D eigenvalue weighted by molar-refractivity contribution is 5.47. The summed E-state index contributed by atoms with van der Waals surface area (Å²) in [7, 11) is 1.95. The molecular weight excluding hydrogens is 160 g/mol. The fourth-order valence-corrected chi connectivity index (χ4v) is 1.39. The summed E-state index contributed by atoms with van der Waals surface area (Å²) in [6, 6.07) is 0. The molecule has 0 aliphatic rings. The van der Waals surface area contributed by atoms with Crippen LogP contribution >= 0.6 is 0 Å². The second kappa shape index (κ2) is 3.77. The monoisotopic (exact) mass is 178 g/mol. The summed E-state index contributed by atoms with van der Waals surface area (Å²) >= 11 is 0. The van der Waals surface area contributed by atoms with Gasteiger partial charge < -0.3 is 0 Å². The molecule has 0 aliphatic heterocycles. The van der Waals surface area contributed by atoms with Gasteiger partial charge in [0.25, 0.3) is 0 Å². The van der Waals surface area contributed by atoms with Crippen LogP contribution in [0.3, 0.4) is 0 Å². The van der Waals surface area contributed by atoms with Crippen LogP contribution < -0.4 is 0 Å². The van der Waals surface area contributed by atoms with E-state index >= 15 is 0 Å². The first kappa shape index (κ1) is 10.0. The molecule has 72 valence electrons. The van der Waals surface area contributed by atoms with Crippen LogP contribution in [0.25, 0.3) is 6.08 Å². The van der Waals surface area contributed by atoms with E-state index in [1.165, 1.54) is 5.56 Å². The van der Waals surface area contributed by atoms with E-state index in [2.05, 4.69) is 38.6 Å². The number of rotatable bonds is 3. The molecule has 1 aromatic heterocycles. The van der Waals surface area contributed by atoms with Gasteiger partial charge in [-0.15, -0.1) is 0 Å². The smallest absolute Gasteiger partial charge is 0.0879 e. The predicted octanol–water partition coefficient (Wildman–Crippen LogP) is 2.82. The van der Waals surface area contributed by atoms with E-state index in [0.717, 1.165) is 5.69 Å². The predicted molar refractivity (Wildman–Crippen MR) is 56.6 cm³/mol. The highest BCUT2D eigenvalue weighted by Gasteiger charge is 2.15. The molecule has 0 fully saturated rings. The standard InChI is InChI=1S/C11H18N2/c1-6-11-10(7-13(5)12-11)9(4)8(2)3/h6-9H,1H2,2-5H3. The first-order valence-electron chi connectivity index (χ1n) is 4.72. The third-order valence-corrected chi connectivity index (χ3v) is 2.57. The van der Waals surface area contributed by atoms with Gasteiger partial charge in [-0.3, -0.25) is 4.68 Å². The van der Waals surface area contributed by atoms with Crippen molar-refractivity contribution in [2.45, 2.75) is 26.7 Å². The SMILES string of the molecule is C=Cc1nn(C)cc1C(C)C(C)C. The molecule has 13 heavy (non-hydrogen) atoms. The lowest BCUT2D eigenvalue weighted by Gasteiger charge is -2.14. The Hall–Kier alpha value is -1.05. The Labute approximate surface area is 80.3 Å². The minimum Gasteiger partial charge on any atom is -0.275 e. The Morgan fingerprint density at radius 3 is 2.54 bits per heavy atom. The molecule has 0 N–H and O–H groups in total. The Kier molecular flexibility index (Phi) is 2.91. The van der Waals surface area contributed by atoms with Gasteiger partial charge in [0.05, 0.1) is 5.69 Å². The molecule has 2 heteroatoms. The molecule has 1 aromatic rings. The molecule has 1 unspecified atom stereocenters. The Balaban J connectivity index is 3.04. The van der Waals surface area contributed by atoms with Crippen LogP contribution in [0.4, 0.5) is 0 Å². The van der Waals surface area contributed by atoms with Crippen LogP contribution in [0.5, 0.6) is 0 Å². The average molecular weight is 178 g/mol. The van der Waals surface area contributed by atoms with Gasteiger partial charge in [0.1, 0.15) is 0 Å². The summed E-state index contributed by atoms with van der Waals surface area (Å²) in [5.41, 5.74) is 2.32. The first-order chi connectivity index (χ1) is 6.06. The summed E-state index contributed by atoms with van der Waals surface area (Å²) in [5, 5.41) is 4.33. The highest BCUT2D eigenvalue weighted by atomic mass is 15.2. The molecule has 0 bridgehead atoms. The van der Waals surface area contributed by atoms with Crippen LogP contribution in [0.15, 0.2) is 12.8 Å². The van der Waals surface area contributed by atoms with Crippen LogP contribution in [0.1, 0.15) is 37.9 Å². The lowest BCUT2D eigenvalue weighted by molar-refractivity contribution is 0.534. The molecule has 1 atom stereocenters. The number of hydrogen-bond acceptors (Lipinski definition) is 1. The van der Waals surface area contributed by atoms with Crippen LogP contribution in [0.2, 0.25) is 0 Å². The van der Waals surface area contributed by atoms with E-state index in [0.29, 0.717) is 11.8 Å². The zero-order valence-electron chi connectivity index (χ0n) is 8.91. The lowest BCUT2D eigenvalue weighted by atomic mass is 9.91. The van der Waals surface area contributed by atoms with E-state index in [4.69, 9.17) is 0 Å². The maximum Gasteiger partial charge on any atom is 0.0879 e. The fourth-order valence-electron chi connectivity index (χ4n) is 1.39. The number of aromatic nitrogens is 2. The van der Waals surface area contributed by atoms with Crippen molar-refractivity contribution < 1.29 is 0 Å². The lowest BCUT2D eigenvalue weighted by Crippen LogP contribution is -2.02. The minimum absolute atomic E-state index is 0.543. The second-order valence-electron chi connectivity index (χ2n) is 3.88. The topological polar surface area (TPSA) is 17.8 Å². The summed E-state index contributed by atoms with van der Waals surface area (Å²) in [4.78, 5) is 0. The van der Waals surface area contributed by atoms with Gasteiger partial charge in [-0.1, -0.05) is 27.4 Å².